The van der Waals surface area contributed by atoms with Crippen molar-refractivity contribution in [3.8, 4) is 11.5 Å². The first-order chi connectivity index (χ1) is 14.0. The quantitative estimate of drug-likeness (QED) is 0.772. The monoisotopic (exact) mass is 418 g/mol. The number of methoxy groups -OCH3 is 3. The lowest BCUT2D eigenvalue weighted by molar-refractivity contribution is 0.0937. The van der Waals surface area contributed by atoms with Crippen LogP contribution in [0.15, 0.2) is 18.2 Å². The molecule has 1 heterocycles. The Morgan fingerprint density at radius 3 is 2.45 bits per heavy atom. The number of aryl methyl sites for hydroxylation is 1. The smallest absolute Gasteiger partial charge is 0.413 e. The lowest BCUT2D eigenvalue weighted by Crippen LogP contribution is -2.31. The summed E-state index contributed by atoms with van der Waals surface area (Å²) in [6, 6.07) is 4.98. The van der Waals surface area contributed by atoms with Gasteiger partial charge in [-0.1, -0.05) is 6.07 Å². The van der Waals surface area contributed by atoms with E-state index in [9.17, 15) is 14.4 Å². The van der Waals surface area contributed by atoms with Gasteiger partial charge in [0.2, 0.25) is 0 Å². The third kappa shape index (κ3) is 4.19. The maximum absolute atomic E-state index is 13.0. The summed E-state index contributed by atoms with van der Waals surface area (Å²) in [5, 5.41) is 5.40. The number of benzene rings is 1. The van der Waals surface area contributed by atoms with Crippen LogP contribution in [0.1, 0.15) is 44.0 Å². The number of alkyl carbamates (subject to hydrolysis) is 1. The molecule has 0 spiro atoms. The highest BCUT2D eigenvalue weighted by Gasteiger charge is 2.28. The summed E-state index contributed by atoms with van der Waals surface area (Å²) in [5.41, 5.74) is 1.46. The van der Waals surface area contributed by atoms with E-state index in [2.05, 4.69) is 15.4 Å². The summed E-state index contributed by atoms with van der Waals surface area (Å²) in [6.45, 7) is 0. The minimum absolute atomic E-state index is 0.276. The Hall–Kier alpha value is -3.07. The molecule has 0 saturated carbocycles. The topological polar surface area (TPSA) is 103 Å². The molecular formula is C20H22N2O6S. The van der Waals surface area contributed by atoms with E-state index in [4.69, 9.17) is 9.47 Å². The number of hydrogen-bond donors (Lipinski definition) is 2. The van der Waals surface area contributed by atoms with E-state index in [0.29, 0.717) is 28.5 Å². The van der Waals surface area contributed by atoms with Gasteiger partial charge in [0, 0.05) is 4.88 Å². The van der Waals surface area contributed by atoms with Gasteiger partial charge in [-0.2, -0.15) is 0 Å². The Bertz CT molecular complexity index is 953. The minimum Gasteiger partial charge on any atom is -0.493 e. The van der Waals surface area contributed by atoms with Crippen LogP contribution in [0.25, 0.3) is 0 Å². The number of imide groups is 1. The highest BCUT2D eigenvalue weighted by Crippen LogP contribution is 2.39. The zero-order chi connectivity index (χ0) is 21.0. The molecule has 29 heavy (non-hydrogen) atoms. The molecule has 1 aromatic heterocycles. The van der Waals surface area contributed by atoms with Crippen molar-refractivity contribution in [3.63, 3.8) is 0 Å². The number of nitrogens with one attached hydrogen (secondary N) is 2. The number of carbonyl (C=O) groups is 3. The highest BCUT2D eigenvalue weighted by molar-refractivity contribution is 7.17. The van der Waals surface area contributed by atoms with Crippen LogP contribution in [0.4, 0.5) is 9.80 Å². The van der Waals surface area contributed by atoms with Crippen LogP contribution in [-0.2, 0) is 17.6 Å². The van der Waals surface area contributed by atoms with Gasteiger partial charge < -0.3 is 19.5 Å². The van der Waals surface area contributed by atoms with Gasteiger partial charge in [-0.25, -0.2) is 4.79 Å². The van der Waals surface area contributed by atoms with Crippen molar-refractivity contribution >= 4 is 34.2 Å². The SMILES string of the molecule is COC(=O)NC(=O)c1c(NC(=O)c2cccc(OC)c2OC)sc2c1CCCC2. The summed E-state index contributed by atoms with van der Waals surface area (Å²) in [7, 11) is 4.12. The molecule has 0 unspecified atom stereocenters. The summed E-state index contributed by atoms with van der Waals surface area (Å²) in [5.74, 6) is -0.306. The molecule has 3 amide bonds. The minimum atomic E-state index is -0.850. The fourth-order valence-corrected chi connectivity index (χ4v) is 4.62. The summed E-state index contributed by atoms with van der Waals surface area (Å²) >= 11 is 1.35. The van der Waals surface area contributed by atoms with Crippen molar-refractivity contribution in [3.05, 3.63) is 39.8 Å². The van der Waals surface area contributed by atoms with Crippen LogP contribution in [0.3, 0.4) is 0 Å². The summed E-state index contributed by atoms with van der Waals surface area (Å²) in [6.07, 6.45) is 2.66. The average Bonchev–Trinajstić information content (AvgIpc) is 3.10. The normalized spacial score (nSPS) is 12.5. The van der Waals surface area contributed by atoms with Crippen molar-refractivity contribution in [2.75, 3.05) is 26.6 Å². The second-order valence-corrected chi connectivity index (χ2v) is 7.46. The first kappa shape index (κ1) is 20.7. The van der Waals surface area contributed by atoms with Gasteiger partial charge in [-0.05, 0) is 43.4 Å². The molecule has 0 bridgehead atoms. The Balaban J connectivity index is 1.97. The van der Waals surface area contributed by atoms with Crippen molar-refractivity contribution in [1.29, 1.82) is 0 Å². The average molecular weight is 418 g/mol. The molecule has 0 radical (unpaired) electrons. The maximum atomic E-state index is 13.0. The fraction of sp³-hybridized carbons (Fsp3) is 0.350. The number of para-hydroxylation sites is 1. The standard InChI is InChI=1S/C20H22N2O6S/c1-26-13-9-6-8-12(16(13)27-2)17(23)21-19-15(18(24)22-20(25)28-3)11-7-4-5-10-14(11)29-19/h6,8-9H,4-5,7,10H2,1-3H3,(H,21,23)(H,22,24,25). The summed E-state index contributed by atoms with van der Waals surface area (Å²) < 4.78 is 15.1. The molecule has 2 aromatic rings. The van der Waals surface area contributed by atoms with Gasteiger partial charge in [0.05, 0.1) is 32.5 Å². The molecule has 0 saturated heterocycles. The number of hydrogen-bond acceptors (Lipinski definition) is 7. The van der Waals surface area contributed by atoms with Gasteiger partial charge in [0.1, 0.15) is 5.00 Å². The van der Waals surface area contributed by atoms with Crippen LogP contribution in [-0.4, -0.2) is 39.2 Å². The van der Waals surface area contributed by atoms with E-state index >= 15 is 0 Å². The first-order valence-electron chi connectivity index (χ1n) is 9.06. The van der Waals surface area contributed by atoms with Crippen molar-refractivity contribution in [2.24, 2.45) is 0 Å². The molecule has 0 aliphatic heterocycles. The van der Waals surface area contributed by atoms with Crippen LogP contribution in [0.2, 0.25) is 0 Å². The molecule has 0 atom stereocenters. The molecule has 9 heteroatoms. The number of amides is 3. The van der Waals surface area contributed by atoms with Crippen molar-refractivity contribution in [2.45, 2.75) is 25.7 Å². The van der Waals surface area contributed by atoms with Gasteiger partial charge >= 0.3 is 6.09 Å². The number of ether oxygens (including phenoxy) is 3. The van der Waals surface area contributed by atoms with E-state index in [1.54, 1.807) is 18.2 Å². The van der Waals surface area contributed by atoms with Gasteiger partial charge in [-0.15, -0.1) is 11.3 Å². The van der Waals surface area contributed by atoms with Crippen LogP contribution in [0.5, 0.6) is 11.5 Å². The number of carbonyl (C=O) groups excluding carboxylic acids is 3. The Labute approximate surface area is 172 Å². The van der Waals surface area contributed by atoms with E-state index < -0.39 is 17.9 Å². The molecule has 8 nitrogen and oxygen atoms in total. The van der Waals surface area contributed by atoms with Crippen molar-refractivity contribution < 1.29 is 28.6 Å². The highest BCUT2D eigenvalue weighted by atomic mass is 32.1. The number of fused-ring (bicyclic) bond motifs is 1. The second kappa shape index (κ2) is 8.95. The first-order valence-corrected chi connectivity index (χ1v) is 9.88. The number of thiophene rings is 1. The molecule has 1 aliphatic rings. The summed E-state index contributed by atoms with van der Waals surface area (Å²) in [4.78, 5) is 38.2. The molecule has 1 aromatic carbocycles. The van der Waals surface area contributed by atoms with Crippen LogP contribution in [0, 0.1) is 0 Å². The molecule has 2 N–H and O–H groups in total. The van der Waals surface area contributed by atoms with Crippen LogP contribution >= 0.6 is 11.3 Å². The Kier molecular flexibility index (Phi) is 6.38. The van der Waals surface area contributed by atoms with Gasteiger partial charge in [-0.3, -0.25) is 14.9 Å². The zero-order valence-electron chi connectivity index (χ0n) is 16.4. The largest absolute Gasteiger partial charge is 0.493 e. The lowest BCUT2D eigenvalue weighted by atomic mass is 9.95. The second-order valence-electron chi connectivity index (χ2n) is 6.36. The molecule has 3 rings (SSSR count). The molecule has 1 aliphatic carbocycles. The maximum Gasteiger partial charge on any atom is 0.413 e. The predicted octanol–water partition coefficient (Wildman–Crippen LogP) is 3.39. The van der Waals surface area contributed by atoms with Crippen LogP contribution < -0.4 is 20.1 Å². The third-order valence-corrected chi connectivity index (χ3v) is 5.88. The third-order valence-electron chi connectivity index (χ3n) is 4.67. The zero-order valence-corrected chi connectivity index (χ0v) is 17.2. The van der Waals surface area contributed by atoms with E-state index in [0.717, 1.165) is 29.7 Å². The van der Waals surface area contributed by atoms with E-state index in [-0.39, 0.29) is 5.56 Å². The Morgan fingerprint density at radius 1 is 1.00 bits per heavy atom. The number of anilines is 1. The van der Waals surface area contributed by atoms with E-state index in [1.807, 2.05) is 0 Å². The fourth-order valence-electron chi connectivity index (χ4n) is 3.34. The van der Waals surface area contributed by atoms with Gasteiger partial charge in [0.25, 0.3) is 11.8 Å². The lowest BCUT2D eigenvalue weighted by Gasteiger charge is -2.14. The predicted molar refractivity (Wildman–Crippen MR) is 108 cm³/mol. The van der Waals surface area contributed by atoms with Crippen molar-refractivity contribution in [1.82, 2.24) is 5.32 Å². The van der Waals surface area contributed by atoms with Gasteiger partial charge in [0.15, 0.2) is 11.5 Å². The van der Waals surface area contributed by atoms with E-state index in [1.165, 1.54) is 32.7 Å². The number of rotatable bonds is 5. The molecule has 154 valence electrons. The Morgan fingerprint density at radius 2 is 1.76 bits per heavy atom. The molecule has 0 fully saturated rings. The molecular weight excluding hydrogens is 396 g/mol.